The molecule has 0 aliphatic heterocycles. The average molecular weight is 284 g/mol. The van der Waals surface area contributed by atoms with Crippen molar-refractivity contribution in [1.82, 2.24) is 0 Å². The lowest BCUT2D eigenvalue weighted by atomic mass is 10.1. The topological polar surface area (TPSA) is 63.5 Å². The van der Waals surface area contributed by atoms with Gasteiger partial charge in [0.25, 0.3) is 11.6 Å². The number of anilines is 1. The molecule has 0 aliphatic rings. The van der Waals surface area contributed by atoms with Gasteiger partial charge in [0.2, 0.25) is 0 Å². The molecule has 0 aliphatic carbocycles. The third-order valence-electron chi connectivity index (χ3n) is 3.18. The fraction of sp³-hybridized carbons (Fsp3) is 0.188. The van der Waals surface area contributed by atoms with Gasteiger partial charge < -0.3 is 4.90 Å². The molecular weight excluding hydrogens is 268 g/mol. The Morgan fingerprint density at radius 3 is 2.52 bits per heavy atom. The van der Waals surface area contributed by atoms with Crippen molar-refractivity contribution in [2.45, 2.75) is 13.8 Å². The summed E-state index contributed by atoms with van der Waals surface area (Å²) in [6.45, 7) is 4.32. The smallest absolute Gasteiger partial charge is 0.270 e. The minimum Gasteiger partial charge on any atom is -0.309 e. The number of carbonyl (C=O) groups excluding carboxylic acids is 1. The van der Waals surface area contributed by atoms with Crippen molar-refractivity contribution in [1.29, 1.82) is 0 Å². The van der Waals surface area contributed by atoms with Crippen molar-refractivity contribution < 1.29 is 9.72 Å². The standard InChI is InChI=1S/C16H16N2O3/c1-3-17(14-8-4-6-12(2)10-14)16(19)13-7-5-9-15(11-13)18(20)21/h4-11H,3H2,1-2H3. The quantitative estimate of drug-likeness (QED) is 0.637. The number of amides is 1. The summed E-state index contributed by atoms with van der Waals surface area (Å²) >= 11 is 0. The summed E-state index contributed by atoms with van der Waals surface area (Å²) in [6.07, 6.45) is 0. The molecule has 0 saturated heterocycles. The monoisotopic (exact) mass is 284 g/mol. The van der Waals surface area contributed by atoms with Crippen LogP contribution in [-0.2, 0) is 0 Å². The van der Waals surface area contributed by atoms with Crippen molar-refractivity contribution in [2.75, 3.05) is 11.4 Å². The number of hydrogen-bond donors (Lipinski definition) is 0. The van der Waals surface area contributed by atoms with E-state index in [4.69, 9.17) is 0 Å². The van der Waals surface area contributed by atoms with Gasteiger partial charge in [0.05, 0.1) is 4.92 Å². The molecule has 108 valence electrons. The van der Waals surface area contributed by atoms with Gasteiger partial charge in [-0.3, -0.25) is 14.9 Å². The highest BCUT2D eigenvalue weighted by Crippen LogP contribution is 2.20. The molecule has 2 aromatic carbocycles. The first-order valence-electron chi connectivity index (χ1n) is 6.66. The van der Waals surface area contributed by atoms with Crippen LogP contribution in [0.15, 0.2) is 48.5 Å². The number of aryl methyl sites for hydroxylation is 1. The normalized spacial score (nSPS) is 10.2. The van der Waals surface area contributed by atoms with Crippen molar-refractivity contribution in [3.8, 4) is 0 Å². The number of carbonyl (C=O) groups is 1. The van der Waals surface area contributed by atoms with E-state index in [0.29, 0.717) is 12.1 Å². The summed E-state index contributed by atoms with van der Waals surface area (Å²) in [5, 5.41) is 10.8. The van der Waals surface area contributed by atoms with E-state index in [9.17, 15) is 14.9 Å². The molecule has 1 amide bonds. The van der Waals surface area contributed by atoms with Crippen molar-refractivity contribution in [3.05, 3.63) is 69.8 Å². The Labute approximate surface area is 123 Å². The molecule has 0 atom stereocenters. The summed E-state index contributed by atoms with van der Waals surface area (Å²) in [5.74, 6) is -0.244. The Balaban J connectivity index is 2.36. The van der Waals surface area contributed by atoms with E-state index < -0.39 is 4.92 Å². The van der Waals surface area contributed by atoms with Crippen LogP contribution in [0.2, 0.25) is 0 Å². The molecule has 0 fully saturated rings. The zero-order chi connectivity index (χ0) is 15.4. The molecule has 0 heterocycles. The van der Waals surface area contributed by atoms with Crippen LogP contribution < -0.4 is 4.90 Å². The van der Waals surface area contributed by atoms with E-state index >= 15 is 0 Å². The second-order valence-electron chi connectivity index (χ2n) is 4.70. The highest BCUT2D eigenvalue weighted by Gasteiger charge is 2.18. The Hall–Kier alpha value is -2.69. The summed E-state index contributed by atoms with van der Waals surface area (Å²) in [7, 11) is 0. The van der Waals surface area contributed by atoms with Gasteiger partial charge in [0, 0.05) is 29.9 Å². The highest BCUT2D eigenvalue weighted by atomic mass is 16.6. The summed E-state index contributed by atoms with van der Waals surface area (Å²) in [5.41, 5.74) is 2.07. The average Bonchev–Trinajstić information content (AvgIpc) is 2.48. The predicted molar refractivity (Wildman–Crippen MR) is 81.6 cm³/mol. The SMILES string of the molecule is CCN(C(=O)c1cccc([N+](=O)[O-])c1)c1cccc(C)c1. The van der Waals surface area contributed by atoms with E-state index in [1.165, 1.54) is 18.2 Å². The second kappa shape index (κ2) is 6.17. The van der Waals surface area contributed by atoms with Crippen LogP contribution in [0.5, 0.6) is 0 Å². The predicted octanol–water partition coefficient (Wildman–Crippen LogP) is 3.57. The molecule has 0 aromatic heterocycles. The lowest BCUT2D eigenvalue weighted by Crippen LogP contribution is -2.30. The Morgan fingerprint density at radius 1 is 1.19 bits per heavy atom. The Morgan fingerprint density at radius 2 is 1.90 bits per heavy atom. The Kier molecular flexibility index (Phi) is 4.33. The first kappa shape index (κ1) is 14.7. The van der Waals surface area contributed by atoms with Gasteiger partial charge in [-0.2, -0.15) is 0 Å². The van der Waals surface area contributed by atoms with Gasteiger partial charge >= 0.3 is 0 Å². The molecule has 0 radical (unpaired) electrons. The fourth-order valence-electron chi connectivity index (χ4n) is 2.15. The van der Waals surface area contributed by atoms with Crippen LogP contribution in [0, 0.1) is 17.0 Å². The van der Waals surface area contributed by atoms with E-state index in [-0.39, 0.29) is 11.6 Å². The van der Waals surface area contributed by atoms with E-state index in [0.717, 1.165) is 11.3 Å². The number of non-ortho nitro benzene ring substituents is 1. The van der Waals surface area contributed by atoms with Gasteiger partial charge in [0.15, 0.2) is 0 Å². The van der Waals surface area contributed by atoms with Crippen molar-refractivity contribution >= 4 is 17.3 Å². The van der Waals surface area contributed by atoms with E-state index in [2.05, 4.69) is 0 Å². The zero-order valence-electron chi connectivity index (χ0n) is 11.9. The highest BCUT2D eigenvalue weighted by molar-refractivity contribution is 6.06. The third kappa shape index (κ3) is 3.25. The number of nitro benzene ring substituents is 1. The lowest BCUT2D eigenvalue weighted by Gasteiger charge is -2.21. The minimum atomic E-state index is -0.500. The van der Waals surface area contributed by atoms with Crippen LogP contribution in [0.4, 0.5) is 11.4 Å². The van der Waals surface area contributed by atoms with Crippen molar-refractivity contribution in [2.24, 2.45) is 0 Å². The largest absolute Gasteiger partial charge is 0.309 e. The molecule has 0 N–H and O–H groups in total. The molecule has 5 nitrogen and oxygen atoms in total. The minimum absolute atomic E-state index is 0.0823. The maximum Gasteiger partial charge on any atom is 0.270 e. The third-order valence-corrected chi connectivity index (χ3v) is 3.18. The molecule has 0 unspecified atom stereocenters. The molecule has 2 rings (SSSR count). The number of nitrogens with zero attached hydrogens (tertiary/aromatic N) is 2. The maximum atomic E-state index is 12.6. The van der Waals surface area contributed by atoms with Crippen LogP contribution in [-0.4, -0.2) is 17.4 Å². The Bertz CT molecular complexity index is 683. The van der Waals surface area contributed by atoms with Crippen LogP contribution in [0.3, 0.4) is 0 Å². The van der Waals surface area contributed by atoms with Gasteiger partial charge in [-0.15, -0.1) is 0 Å². The molecule has 21 heavy (non-hydrogen) atoms. The molecule has 0 spiro atoms. The second-order valence-corrected chi connectivity index (χ2v) is 4.70. The molecule has 2 aromatic rings. The van der Waals surface area contributed by atoms with E-state index in [1.54, 1.807) is 11.0 Å². The molecular formula is C16H16N2O3. The molecule has 5 heteroatoms. The van der Waals surface area contributed by atoms with E-state index in [1.807, 2.05) is 38.1 Å². The number of benzene rings is 2. The van der Waals surface area contributed by atoms with Gasteiger partial charge in [-0.05, 0) is 37.6 Å². The first-order chi connectivity index (χ1) is 10.0. The maximum absolute atomic E-state index is 12.6. The first-order valence-corrected chi connectivity index (χ1v) is 6.66. The van der Waals surface area contributed by atoms with Crippen LogP contribution >= 0.6 is 0 Å². The van der Waals surface area contributed by atoms with Crippen molar-refractivity contribution in [3.63, 3.8) is 0 Å². The fourth-order valence-corrected chi connectivity index (χ4v) is 2.15. The summed E-state index contributed by atoms with van der Waals surface area (Å²) in [6, 6.07) is 13.4. The zero-order valence-corrected chi connectivity index (χ0v) is 11.9. The van der Waals surface area contributed by atoms with Crippen LogP contribution in [0.1, 0.15) is 22.8 Å². The molecule has 0 bridgehead atoms. The number of hydrogen-bond acceptors (Lipinski definition) is 3. The van der Waals surface area contributed by atoms with Crippen LogP contribution in [0.25, 0.3) is 0 Å². The lowest BCUT2D eigenvalue weighted by molar-refractivity contribution is -0.384. The van der Waals surface area contributed by atoms with Gasteiger partial charge in [0.1, 0.15) is 0 Å². The number of rotatable bonds is 4. The van der Waals surface area contributed by atoms with Gasteiger partial charge in [-0.1, -0.05) is 18.2 Å². The van der Waals surface area contributed by atoms with Gasteiger partial charge in [-0.25, -0.2) is 0 Å². The number of nitro groups is 1. The molecule has 0 saturated carbocycles. The summed E-state index contributed by atoms with van der Waals surface area (Å²) < 4.78 is 0. The summed E-state index contributed by atoms with van der Waals surface area (Å²) in [4.78, 5) is 24.5.